The van der Waals surface area contributed by atoms with Gasteiger partial charge in [0.25, 0.3) is 11.6 Å². The molecule has 150 valence electrons. The maximum absolute atomic E-state index is 12.7. The molecule has 0 atom stereocenters. The first kappa shape index (κ1) is 20.5. The van der Waals surface area contributed by atoms with E-state index in [-0.39, 0.29) is 18.0 Å². The summed E-state index contributed by atoms with van der Waals surface area (Å²) in [6, 6.07) is 23.2. The number of rotatable bonds is 7. The van der Waals surface area contributed by atoms with E-state index in [9.17, 15) is 19.7 Å². The van der Waals surface area contributed by atoms with E-state index in [2.05, 4.69) is 5.32 Å². The number of esters is 1. The van der Waals surface area contributed by atoms with Crippen LogP contribution in [0.1, 0.15) is 21.5 Å². The first-order chi connectivity index (χ1) is 14.5. The number of nitro benzene ring substituents is 1. The largest absolute Gasteiger partial charge is 0.456 e. The summed E-state index contributed by atoms with van der Waals surface area (Å²) < 4.78 is 5.32. The van der Waals surface area contributed by atoms with Gasteiger partial charge < -0.3 is 10.1 Å². The third kappa shape index (κ3) is 5.62. The number of ether oxygens (including phenoxy) is 1. The van der Waals surface area contributed by atoms with Gasteiger partial charge in [0.1, 0.15) is 12.3 Å². The first-order valence-electron chi connectivity index (χ1n) is 9.06. The number of carbonyl (C=O) groups excluding carboxylic acids is 2. The fourth-order valence-corrected chi connectivity index (χ4v) is 2.63. The number of hydrogen-bond donors (Lipinski definition) is 1. The van der Waals surface area contributed by atoms with Gasteiger partial charge in [-0.25, -0.2) is 4.79 Å². The maximum Gasteiger partial charge on any atom is 0.355 e. The smallest absolute Gasteiger partial charge is 0.355 e. The monoisotopic (exact) mass is 402 g/mol. The number of nitrogens with zero attached hydrogens (tertiary/aromatic N) is 1. The van der Waals surface area contributed by atoms with Crippen molar-refractivity contribution in [2.24, 2.45) is 0 Å². The number of benzene rings is 3. The van der Waals surface area contributed by atoms with Crippen LogP contribution in [0.3, 0.4) is 0 Å². The van der Waals surface area contributed by atoms with E-state index in [1.807, 2.05) is 18.2 Å². The molecule has 3 aromatic carbocycles. The quantitative estimate of drug-likeness (QED) is 0.278. The Bertz CT molecular complexity index is 1080. The van der Waals surface area contributed by atoms with Crippen molar-refractivity contribution in [3.8, 4) is 0 Å². The van der Waals surface area contributed by atoms with E-state index in [0.717, 1.165) is 5.56 Å². The Morgan fingerprint density at radius 3 is 2.27 bits per heavy atom. The lowest BCUT2D eigenvalue weighted by molar-refractivity contribution is -0.384. The van der Waals surface area contributed by atoms with Crippen LogP contribution in [0, 0.1) is 10.1 Å². The number of amides is 1. The number of carbonyl (C=O) groups is 2. The molecule has 0 bridgehead atoms. The predicted octanol–water partition coefficient (Wildman–Crippen LogP) is 4.11. The fraction of sp³-hybridized carbons (Fsp3) is 0.0435. The highest BCUT2D eigenvalue weighted by Gasteiger charge is 2.17. The number of nitro groups is 1. The molecule has 0 heterocycles. The van der Waals surface area contributed by atoms with Crippen molar-refractivity contribution in [1.29, 1.82) is 0 Å². The Hall–Kier alpha value is -4.26. The molecule has 3 aromatic rings. The molecule has 0 fully saturated rings. The zero-order valence-corrected chi connectivity index (χ0v) is 15.9. The summed E-state index contributed by atoms with van der Waals surface area (Å²) in [4.78, 5) is 35.7. The summed E-state index contributed by atoms with van der Waals surface area (Å²) in [6.45, 7) is 0.0210. The van der Waals surface area contributed by atoms with Crippen LogP contribution in [-0.4, -0.2) is 16.8 Å². The highest BCUT2D eigenvalue weighted by atomic mass is 16.6. The Balaban J connectivity index is 1.85. The summed E-state index contributed by atoms with van der Waals surface area (Å²) in [5, 5.41) is 13.6. The van der Waals surface area contributed by atoms with Gasteiger partial charge in [0.15, 0.2) is 0 Å². The molecule has 0 aliphatic carbocycles. The Morgan fingerprint density at radius 2 is 1.60 bits per heavy atom. The van der Waals surface area contributed by atoms with Crippen molar-refractivity contribution in [1.82, 2.24) is 5.32 Å². The van der Waals surface area contributed by atoms with Gasteiger partial charge in [-0.05, 0) is 29.3 Å². The van der Waals surface area contributed by atoms with Gasteiger partial charge in [-0.2, -0.15) is 0 Å². The topological polar surface area (TPSA) is 98.5 Å². The summed E-state index contributed by atoms with van der Waals surface area (Å²) in [5.74, 6) is -1.25. The molecule has 1 amide bonds. The van der Waals surface area contributed by atoms with Crippen LogP contribution in [0.2, 0.25) is 0 Å². The molecule has 3 rings (SSSR count). The van der Waals surface area contributed by atoms with Gasteiger partial charge >= 0.3 is 5.97 Å². The Kier molecular flexibility index (Phi) is 6.68. The number of nitrogens with one attached hydrogen (secondary N) is 1. The van der Waals surface area contributed by atoms with Gasteiger partial charge in [-0.1, -0.05) is 60.7 Å². The van der Waals surface area contributed by atoms with Crippen LogP contribution in [0.5, 0.6) is 0 Å². The normalized spacial score (nSPS) is 10.9. The molecule has 7 nitrogen and oxygen atoms in total. The van der Waals surface area contributed by atoms with Crippen LogP contribution >= 0.6 is 0 Å². The van der Waals surface area contributed by atoms with Crippen molar-refractivity contribution in [3.63, 3.8) is 0 Å². The van der Waals surface area contributed by atoms with Crippen molar-refractivity contribution in [2.75, 3.05) is 0 Å². The summed E-state index contributed by atoms with van der Waals surface area (Å²) in [6.07, 6.45) is 1.35. The summed E-state index contributed by atoms with van der Waals surface area (Å²) in [7, 11) is 0. The zero-order valence-electron chi connectivity index (χ0n) is 15.9. The van der Waals surface area contributed by atoms with Gasteiger partial charge in [-0.3, -0.25) is 14.9 Å². The number of hydrogen-bond acceptors (Lipinski definition) is 5. The Labute approximate surface area is 172 Å². The molecule has 0 saturated carbocycles. The molecule has 0 aliphatic rings. The minimum Gasteiger partial charge on any atom is -0.456 e. The van der Waals surface area contributed by atoms with Crippen molar-refractivity contribution in [2.45, 2.75) is 6.61 Å². The van der Waals surface area contributed by atoms with Crippen LogP contribution in [0.4, 0.5) is 5.69 Å². The van der Waals surface area contributed by atoms with Crippen LogP contribution < -0.4 is 5.32 Å². The van der Waals surface area contributed by atoms with Crippen LogP contribution in [0.15, 0.2) is 90.6 Å². The van der Waals surface area contributed by atoms with Crippen LogP contribution in [-0.2, 0) is 16.1 Å². The van der Waals surface area contributed by atoms with Crippen molar-refractivity contribution >= 4 is 23.6 Å². The molecule has 0 aromatic heterocycles. The molecule has 0 radical (unpaired) electrons. The molecular formula is C23H18N2O5. The van der Waals surface area contributed by atoms with Crippen molar-refractivity contribution < 1.29 is 19.2 Å². The third-order valence-corrected chi connectivity index (χ3v) is 4.11. The number of non-ortho nitro benzene ring substituents is 1. The molecular weight excluding hydrogens is 384 g/mol. The van der Waals surface area contributed by atoms with E-state index in [0.29, 0.717) is 11.1 Å². The molecule has 30 heavy (non-hydrogen) atoms. The highest BCUT2D eigenvalue weighted by Crippen LogP contribution is 2.16. The Morgan fingerprint density at radius 1 is 0.933 bits per heavy atom. The lowest BCUT2D eigenvalue weighted by Gasteiger charge is -2.11. The minimum atomic E-state index is -0.755. The third-order valence-electron chi connectivity index (χ3n) is 4.11. The van der Waals surface area contributed by atoms with E-state index >= 15 is 0 Å². The lowest BCUT2D eigenvalue weighted by atomic mass is 10.1. The zero-order chi connectivity index (χ0) is 21.3. The summed E-state index contributed by atoms with van der Waals surface area (Å²) >= 11 is 0. The SMILES string of the molecule is O=C(OCc1ccccc1)/C(=C\c1cccc([N+](=O)[O-])c1)NC(=O)c1ccccc1. The van der Waals surface area contributed by atoms with Gasteiger partial charge in [0.2, 0.25) is 0 Å². The van der Waals surface area contributed by atoms with Crippen molar-refractivity contribution in [3.05, 3.63) is 117 Å². The van der Waals surface area contributed by atoms with E-state index in [1.165, 1.54) is 24.3 Å². The van der Waals surface area contributed by atoms with E-state index in [4.69, 9.17) is 4.74 Å². The fourth-order valence-electron chi connectivity index (χ4n) is 2.63. The second-order valence-electron chi connectivity index (χ2n) is 6.29. The average Bonchev–Trinajstić information content (AvgIpc) is 2.78. The molecule has 0 spiro atoms. The van der Waals surface area contributed by atoms with Gasteiger partial charge in [0, 0.05) is 17.7 Å². The standard InChI is InChI=1S/C23H18N2O5/c26-22(19-11-5-2-6-12-19)24-21(15-18-10-7-13-20(14-18)25(28)29)23(27)30-16-17-8-3-1-4-9-17/h1-15H,16H2,(H,24,26)/b21-15+. The van der Waals surface area contributed by atoms with Crippen LogP contribution in [0.25, 0.3) is 6.08 Å². The highest BCUT2D eigenvalue weighted by molar-refractivity contribution is 6.03. The molecule has 0 saturated heterocycles. The summed E-state index contributed by atoms with van der Waals surface area (Å²) in [5.41, 5.74) is 1.27. The van der Waals surface area contributed by atoms with E-state index in [1.54, 1.807) is 48.5 Å². The maximum atomic E-state index is 12.7. The first-order valence-corrected chi connectivity index (χ1v) is 9.06. The molecule has 0 unspecified atom stereocenters. The predicted molar refractivity (Wildman–Crippen MR) is 111 cm³/mol. The second kappa shape index (κ2) is 9.79. The minimum absolute atomic E-state index is 0.0210. The van der Waals surface area contributed by atoms with Gasteiger partial charge in [-0.15, -0.1) is 0 Å². The average molecular weight is 402 g/mol. The molecule has 0 aliphatic heterocycles. The lowest BCUT2D eigenvalue weighted by Crippen LogP contribution is -2.28. The molecule has 7 heteroatoms. The second-order valence-corrected chi connectivity index (χ2v) is 6.29. The molecule has 1 N–H and O–H groups in total. The van der Waals surface area contributed by atoms with Gasteiger partial charge in [0.05, 0.1) is 4.92 Å². The van der Waals surface area contributed by atoms with E-state index < -0.39 is 16.8 Å².